The lowest BCUT2D eigenvalue weighted by molar-refractivity contribution is -0.121. The average Bonchev–Trinajstić information content (AvgIpc) is 3.36. The lowest BCUT2D eigenvalue weighted by atomic mass is 9.95. The molecule has 0 saturated heterocycles. The van der Waals surface area contributed by atoms with Crippen LogP contribution in [0.5, 0.6) is 5.75 Å². The summed E-state index contributed by atoms with van der Waals surface area (Å²) in [5.74, 6) is -0.864. The number of hydrogen-bond acceptors (Lipinski definition) is 3. The fourth-order valence-corrected chi connectivity index (χ4v) is 2.83. The zero-order valence-electron chi connectivity index (χ0n) is 13.4. The number of rotatable bonds is 6. The number of ether oxygens (including phenoxy) is 1. The molecule has 0 radical (unpaired) electrons. The Hall–Kier alpha value is -2.82. The number of nitrogens with one attached hydrogen (secondary N) is 1. The summed E-state index contributed by atoms with van der Waals surface area (Å²) >= 11 is 0. The van der Waals surface area contributed by atoms with Crippen LogP contribution in [0.3, 0.4) is 0 Å². The molecule has 0 unspecified atom stereocenters. The fourth-order valence-electron chi connectivity index (χ4n) is 2.83. The molecule has 1 aliphatic rings. The number of aromatic carboxylic acids is 1. The Bertz CT molecular complexity index is 766. The molecule has 3 rings (SSSR count). The van der Waals surface area contributed by atoms with Gasteiger partial charge in [0, 0.05) is 11.8 Å². The van der Waals surface area contributed by atoms with Crippen LogP contribution in [-0.2, 0) is 11.2 Å². The number of methoxy groups -OCH3 is 1. The van der Waals surface area contributed by atoms with Crippen molar-refractivity contribution in [3.8, 4) is 5.75 Å². The van der Waals surface area contributed by atoms with Gasteiger partial charge >= 0.3 is 5.97 Å². The quantitative estimate of drug-likeness (QED) is 0.854. The van der Waals surface area contributed by atoms with E-state index in [1.165, 1.54) is 13.2 Å². The molecule has 2 N–H and O–H groups in total. The van der Waals surface area contributed by atoms with Gasteiger partial charge in [-0.1, -0.05) is 30.3 Å². The topological polar surface area (TPSA) is 75.6 Å². The zero-order chi connectivity index (χ0) is 17.2. The van der Waals surface area contributed by atoms with E-state index in [4.69, 9.17) is 9.84 Å². The van der Waals surface area contributed by atoms with Crippen LogP contribution in [0.25, 0.3) is 0 Å². The molecule has 0 aromatic heterocycles. The molecule has 0 atom stereocenters. The Labute approximate surface area is 140 Å². The van der Waals surface area contributed by atoms with Crippen molar-refractivity contribution in [3.63, 3.8) is 0 Å². The third-order valence-electron chi connectivity index (χ3n) is 4.41. The number of hydrogen-bond donors (Lipinski definition) is 2. The highest BCUT2D eigenvalue weighted by molar-refractivity contribution is 5.98. The Morgan fingerprint density at radius 2 is 1.88 bits per heavy atom. The monoisotopic (exact) mass is 325 g/mol. The molecule has 5 heteroatoms. The van der Waals surface area contributed by atoms with E-state index in [9.17, 15) is 9.59 Å². The second kappa shape index (κ2) is 6.35. The molecule has 0 bridgehead atoms. The SMILES string of the molecule is COc1cc(NC(=O)C2(Cc3ccccc3)CC2)ccc1C(=O)O. The van der Waals surface area contributed by atoms with Gasteiger partial charge in [0.15, 0.2) is 0 Å². The minimum atomic E-state index is -1.06. The Kier molecular flexibility index (Phi) is 4.25. The van der Waals surface area contributed by atoms with E-state index < -0.39 is 5.97 Å². The first kappa shape index (κ1) is 16.1. The molecule has 1 aliphatic carbocycles. The summed E-state index contributed by atoms with van der Waals surface area (Å²) in [4.78, 5) is 23.8. The zero-order valence-corrected chi connectivity index (χ0v) is 13.4. The van der Waals surface area contributed by atoms with Crippen molar-refractivity contribution < 1.29 is 19.4 Å². The molecule has 2 aromatic carbocycles. The molecule has 1 fully saturated rings. The van der Waals surface area contributed by atoms with Crippen LogP contribution in [0.15, 0.2) is 48.5 Å². The summed E-state index contributed by atoms with van der Waals surface area (Å²) in [6.07, 6.45) is 2.43. The van der Waals surface area contributed by atoms with E-state index in [1.807, 2.05) is 30.3 Å². The normalized spacial score (nSPS) is 14.7. The van der Waals surface area contributed by atoms with Crippen molar-refractivity contribution in [3.05, 3.63) is 59.7 Å². The number of amides is 1. The summed E-state index contributed by atoms with van der Waals surface area (Å²) in [7, 11) is 1.41. The van der Waals surface area contributed by atoms with Crippen LogP contribution in [-0.4, -0.2) is 24.1 Å². The summed E-state index contributed by atoms with van der Waals surface area (Å²) < 4.78 is 5.09. The largest absolute Gasteiger partial charge is 0.496 e. The van der Waals surface area contributed by atoms with Crippen molar-refractivity contribution in [1.29, 1.82) is 0 Å². The fraction of sp³-hybridized carbons (Fsp3) is 0.263. The van der Waals surface area contributed by atoms with Crippen LogP contribution in [0, 0.1) is 5.41 Å². The molecule has 24 heavy (non-hydrogen) atoms. The van der Waals surface area contributed by atoms with Gasteiger partial charge in [-0.2, -0.15) is 0 Å². The predicted octanol–water partition coefficient (Wildman–Crippen LogP) is 3.35. The second-order valence-corrected chi connectivity index (χ2v) is 6.12. The molecule has 2 aromatic rings. The third-order valence-corrected chi connectivity index (χ3v) is 4.41. The maximum absolute atomic E-state index is 12.7. The van der Waals surface area contributed by atoms with E-state index in [2.05, 4.69) is 5.32 Å². The Morgan fingerprint density at radius 3 is 2.46 bits per heavy atom. The summed E-state index contributed by atoms with van der Waals surface area (Å²) in [6.45, 7) is 0. The van der Waals surface area contributed by atoms with Gasteiger partial charge in [0.1, 0.15) is 11.3 Å². The number of anilines is 1. The van der Waals surface area contributed by atoms with E-state index in [0.29, 0.717) is 12.1 Å². The number of carbonyl (C=O) groups is 2. The average molecular weight is 325 g/mol. The maximum atomic E-state index is 12.7. The van der Waals surface area contributed by atoms with E-state index in [1.54, 1.807) is 12.1 Å². The molecule has 0 spiro atoms. The lowest BCUT2D eigenvalue weighted by Crippen LogP contribution is -2.26. The van der Waals surface area contributed by atoms with Crippen molar-refractivity contribution >= 4 is 17.6 Å². The molecular formula is C19H19NO4. The minimum Gasteiger partial charge on any atom is -0.496 e. The van der Waals surface area contributed by atoms with Crippen molar-refractivity contribution in [2.45, 2.75) is 19.3 Å². The van der Waals surface area contributed by atoms with Crippen molar-refractivity contribution in [2.24, 2.45) is 5.41 Å². The van der Waals surface area contributed by atoms with Crippen LogP contribution in [0.4, 0.5) is 5.69 Å². The first-order chi connectivity index (χ1) is 11.5. The number of carbonyl (C=O) groups excluding carboxylic acids is 1. The van der Waals surface area contributed by atoms with Crippen molar-refractivity contribution in [2.75, 3.05) is 12.4 Å². The van der Waals surface area contributed by atoms with Crippen LogP contribution >= 0.6 is 0 Å². The number of carboxylic acid groups (broad SMARTS) is 1. The van der Waals surface area contributed by atoms with Gasteiger partial charge < -0.3 is 15.2 Å². The maximum Gasteiger partial charge on any atom is 0.339 e. The van der Waals surface area contributed by atoms with E-state index in [-0.39, 0.29) is 22.6 Å². The summed E-state index contributed by atoms with van der Waals surface area (Å²) in [5.41, 5.74) is 1.39. The minimum absolute atomic E-state index is 0.0310. The van der Waals surface area contributed by atoms with Gasteiger partial charge in [0.25, 0.3) is 0 Å². The standard InChI is InChI=1S/C19H19NO4/c1-24-16-11-14(7-8-15(16)17(21)22)20-18(23)19(9-10-19)12-13-5-3-2-4-6-13/h2-8,11H,9-10,12H2,1H3,(H,20,23)(H,21,22). The van der Waals surface area contributed by atoms with Gasteiger partial charge in [0.2, 0.25) is 5.91 Å². The smallest absolute Gasteiger partial charge is 0.339 e. The molecule has 1 saturated carbocycles. The molecule has 0 heterocycles. The highest BCUT2D eigenvalue weighted by Gasteiger charge is 2.49. The van der Waals surface area contributed by atoms with E-state index >= 15 is 0 Å². The summed E-state index contributed by atoms with van der Waals surface area (Å²) in [6, 6.07) is 14.5. The highest BCUT2D eigenvalue weighted by Crippen LogP contribution is 2.49. The van der Waals surface area contributed by atoms with Gasteiger partial charge in [-0.05, 0) is 37.0 Å². The molecule has 1 amide bonds. The molecule has 124 valence electrons. The third kappa shape index (κ3) is 3.25. The van der Waals surface area contributed by atoms with Gasteiger partial charge in [-0.3, -0.25) is 4.79 Å². The Balaban J connectivity index is 1.74. The summed E-state index contributed by atoms with van der Waals surface area (Å²) in [5, 5.41) is 12.0. The van der Waals surface area contributed by atoms with Crippen molar-refractivity contribution in [1.82, 2.24) is 0 Å². The van der Waals surface area contributed by atoms with Crippen LogP contribution in [0.2, 0.25) is 0 Å². The van der Waals surface area contributed by atoms with Gasteiger partial charge in [0.05, 0.1) is 12.5 Å². The van der Waals surface area contributed by atoms with Crippen LogP contribution in [0.1, 0.15) is 28.8 Å². The number of benzene rings is 2. The Morgan fingerprint density at radius 1 is 1.17 bits per heavy atom. The second-order valence-electron chi connectivity index (χ2n) is 6.12. The molecule has 5 nitrogen and oxygen atoms in total. The molecule has 0 aliphatic heterocycles. The van der Waals surface area contributed by atoms with Crippen LogP contribution < -0.4 is 10.1 Å². The highest BCUT2D eigenvalue weighted by atomic mass is 16.5. The first-order valence-electron chi connectivity index (χ1n) is 7.81. The lowest BCUT2D eigenvalue weighted by Gasteiger charge is -2.16. The first-order valence-corrected chi connectivity index (χ1v) is 7.81. The van der Waals surface area contributed by atoms with E-state index in [0.717, 1.165) is 18.4 Å². The van der Waals surface area contributed by atoms with Gasteiger partial charge in [-0.25, -0.2) is 4.79 Å². The molecular weight excluding hydrogens is 306 g/mol. The predicted molar refractivity (Wildman–Crippen MR) is 90.4 cm³/mol. The number of carboxylic acids is 1. The van der Waals surface area contributed by atoms with Gasteiger partial charge in [-0.15, -0.1) is 0 Å².